The summed E-state index contributed by atoms with van der Waals surface area (Å²) in [6.45, 7) is 5.56. The van der Waals surface area contributed by atoms with Crippen LogP contribution in [0.15, 0.2) is 24.3 Å². The van der Waals surface area contributed by atoms with Crippen LogP contribution in [0.2, 0.25) is 0 Å². The summed E-state index contributed by atoms with van der Waals surface area (Å²) >= 11 is 0. The van der Waals surface area contributed by atoms with Crippen LogP contribution in [-0.2, 0) is 4.74 Å². The Bertz CT molecular complexity index is 353. The lowest BCUT2D eigenvalue weighted by atomic mass is 10.1. The maximum absolute atomic E-state index is 11.8. The predicted octanol–water partition coefficient (Wildman–Crippen LogP) is 2.68. The normalized spacial score (nSPS) is 10.9. The van der Waals surface area contributed by atoms with Crippen LogP contribution in [0.25, 0.3) is 0 Å². The molecule has 82 valence electrons. The molecule has 0 aromatic heterocycles. The fourth-order valence-electron chi connectivity index (χ4n) is 1.21. The summed E-state index contributed by atoms with van der Waals surface area (Å²) in [4.78, 5) is 11.8. The highest BCUT2D eigenvalue weighted by molar-refractivity contribution is 5.95. The zero-order chi connectivity index (χ0) is 11.5. The first-order valence-corrected chi connectivity index (χ1v) is 4.94. The molecule has 3 heteroatoms. The molecule has 0 amide bonds. The van der Waals surface area contributed by atoms with Crippen molar-refractivity contribution in [2.45, 2.75) is 26.4 Å². The van der Waals surface area contributed by atoms with Crippen LogP contribution in [0.4, 0.5) is 5.69 Å². The Hall–Kier alpha value is -1.51. The maximum atomic E-state index is 11.8. The van der Waals surface area contributed by atoms with E-state index in [9.17, 15) is 4.79 Å². The van der Waals surface area contributed by atoms with Crippen molar-refractivity contribution < 1.29 is 9.53 Å². The molecule has 0 atom stereocenters. The number of benzene rings is 1. The average molecular weight is 207 g/mol. The molecule has 0 heterocycles. The van der Waals surface area contributed by atoms with Gasteiger partial charge in [0, 0.05) is 12.7 Å². The van der Waals surface area contributed by atoms with Crippen molar-refractivity contribution in [3.8, 4) is 0 Å². The van der Waals surface area contributed by atoms with E-state index in [1.807, 2.05) is 39.0 Å². The third kappa shape index (κ3) is 3.27. The van der Waals surface area contributed by atoms with E-state index in [0.29, 0.717) is 5.56 Å². The number of ether oxygens (including phenoxy) is 1. The standard InChI is InChI=1S/C12H17NO2/c1-12(2,3)15-11(14)9-7-5-6-8-10(9)13-4/h5-8,13H,1-4H3. The van der Waals surface area contributed by atoms with Gasteiger partial charge in [0.2, 0.25) is 0 Å². The Balaban J connectivity index is 2.91. The second-order valence-corrected chi connectivity index (χ2v) is 4.30. The molecule has 0 aliphatic heterocycles. The molecular formula is C12H17NO2. The van der Waals surface area contributed by atoms with Crippen molar-refractivity contribution in [1.29, 1.82) is 0 Å². The van der Waals surface area contributed by atoms with Crippen LogP contribution in [0.5, 0.6) is 0 Å². The van der Waals surface area contributed by atoms with Crippen LogP contribution in [0, 0.1) is 0 Å². The Morgan fingerprint density at radius 1 is 1.27 bits per heavy atom. The molecule has 0 saturated carbocycles. The van der Waals surface area contributed by atoms with Gasteiger partial charge in [0.1, 0.15) is 5.60 Å². The molecule has 1 aromatic carbocycles. The number of carbonyl (C=O) groups is 1. The van der Waals surface area contributed by atoms with E-state index in [-0.39, 0.29) is 5.97 Å². The number of esters is 1. The van der Waals surface area contributed by atoms with Crippen molar-refractivity contribution in [2.24, 2.45) is 0 Å². The van der Waals surface area contributed by atoms with E-state index < -0.39 is 5.60 Å². The first-order valence-electron chi connectivity index (χ1n) is 4.94. The van der Waals surface area contributed by atoms with Crippen molar-refractivity contribution >= 4 is 11.7 Å². The molecule has 0 fully saturated rings. The number of anilines is 1. The third-order valence-electron chi connectivity index (χ3n) is 1.82. The van der Waals surface area contributed by atoms with Gasteiger partial charge >= 0.3 is 5.97 Å². The van der Waals surface area contributed by atoms with Crippen LogP contribution in [0.3, 0.4) is 0 Å². The molecule has 3 nitrogen and oxygen atoms in total. The van der Waals surface area contributed by atoms with E-state index >= 15 is 0 Å². The largest absolute Gasteiger partial charge is 0.456 e. The molecule has 1 rings (SSSR count). The minimum atomic E-state index is -0.460. The van der Waals surface area contributed by atoms with Crippen molar-refractivity contribution in [3.05, 3.63) is 29.8 Å². The highest BCUT2D eigenvalue weighted by Gasteiger charge is 2.19. The van der Waals surface area contributed by atoms with Gasteiger partial charge in [0.25, 0.3) is 0 Å². The van der Waals surface area contributed by atoms with E-state index in [0.717, 1.165) is 5.69 Å². The second kappa shape index (κ2) is 4.34. The summed E-state index contributed by atoms with van der Waals surface area (Å²) in [7, 11) is 1.78. The summed E-state index contributed by atoms with van der Waals surface area (Å²) in [5.74, 6) is -0.299. The lowest BCUT2D eigenvalue weighted by Crippen LogP contribution is -2.24. The topological polar surface area (TPSA) is 38.3 Å². The predicted molar refractivity (Wildman–Crippen MR) is 61.2 cm³/mol. The van der Waals surface area contributed by atoms with E-state index in [4.69, 9.17) is 4.74 Å². The number of para-hydroxylation sites is 1. The summed E-state index contributed by atoms with van der Waals surface area (Å²) < 4.78 is 5.29. The van der Waals surface area contributed by atoms with E-state index in [1.54, 1.807) is 13.1 Å². The van der Waals surface area contributed by atoms with Gasteiger partial charge in [-0.1, -0.05) is 12.1 Å². The Kier molecular flexibility index (Phi) is 3.35. The van der Waals surface area contributed by atoms with Crippen LogP contribution in [-0.4, -0.2) is 18.6 Å². The Labute approximate surface area is 90.4 Å². The summed E-state index contributed by atoms with van der Waals surface area (Å²) in [6, 6.07) is 7.29. The highest BCUT2D eigenvalue weighted by Crippen LogP contribution is 2.18. The number of hydrogen-bond donors (Lipinski definition) is 1. The molecule has 1 N–H and O–H groups in total. The van der Waals surface area contributed by atoms with Gasteiger partial charge in [0.05, 0.1) is 5.56 Å². The van der Waals surface area contributed by atoms with Crippen molar-refractivity contribution in [3.63, 3.8) is 0 Å². The fourth-order valence-corrected chi connectivity index (χ4v) is 1.21. The molecule has 0 aliphatic rings. The Morgan fingerprint density at radius 2 is 1.87 bits per heavy atom. The second-order valence-electron chi connectivity index (χ2n) is 4.30. The van der Waals surface area contributed by atoms with E-state index in [2.05, 4.69) is 5.32 Å². The minimum absolute atomic E-state index is 0.299. The van der Waals surface area contributed by atoms with E-state index in [1.165, 1.54) is 0 Å². The zero-order valence-corrected chi connectivity index (χ0v) is 9.63. The molecule has 0 spiro atoms. The third-order valence-corrected chi connectivity index (χ3v) is 1.82. The average Bonchev–Trinajstić information content (AvgIpc) is 2.15. The molecular weight excluding hydrogens is 190 g/mol. The molecule has 15 heavy (non-hydrogen) atoms. The minimum Gasteiger partial charge on any atom is -0.456 e. The fraction of sp³-hybridized carbons (Fsp3) is 0.417. The van der Waals surface area contributed by atoms with Crippen LogP contribution >= 0.6 is 0 Å². The zero-order valence-electron chi connectivity index (χ0n) is 9.63. The molecule has 1 aromatic rings. The first kappa shape index (κ1) is 11.6. The quantitative estimate of drug-likeness (QED) is 0.758. The molecule has 0 aliphatic carbocycles. The highest BCUT2D eigenvalue weighted by atomic mass is 16.6. The smallest absolute Gasteiger partial charge is 0.340 e. The molecule has 0 saturated heterocycles. The molecule has 0 radical (unpaired) electrons. The van der Waals surface area contributed by atoms with Gasteiger partial charge in [-0.2, -0.15) is 0 Å². The lowest BCUT2D eigenvalue weighted by molar-refractivity contribution is 0.00707. The van der Waals surface area contributed by atoms with Gasteiger partial charge in [-0.05, 0) is 32.9 Å². The van der Waals surface area contributed by atoms with Gasteiger partial charge < -0.3 is 10.1 Å². The van der Waals surface area contributed by atoms with Gasteiger partial charge in [0.15, 0.2) is 0 Å². The lowest BCUT2D eigenvalue weighted by Gasteiger charge is -2.20. The van der Waals surface area contributed by atoms with Crippen LogP contribution in [0.1, 0.15) is 31.1 Å². The summed E-state index contributed by atoms with van der Waals surface area (Å²) in [5.41, 5.74) is 0.888. The van der Waals surface area contributed by atoms with Gasteiger partial charge in [-0.3, -0.25) is 0 Å². The van der Waals surface area contributed by atoms with Crippen molar-refractivity contribution in [2.75, 3.05) is 12.4 Å². The summed E-state index contributed by atoms with van der Waals surface area (Å²) in [5, 5.41) is 2.96. The van der Waals surface area contributed by atoms with Crippen LogP contribution < -0.4 is 5.32 Å². The van der Waals surface area contributed by atoms with Gasteiger partial charge in [-0.15, -0.1) is 0 Å². The SMILES string of the molecule is CNc1ccccc1C(=O)OC(C)(C)C. The number of nitrogens with one attached hydrogen (secondary N) is 1. The molecule has 0 unspecified atom stereocenters. The maximum Gasteiger partial charge on any atom is 0.340 e. The Morgan fingerprint density at radius 3 is 2.40 bits per heavy atom. The number of rotatable bonds is 2. The van der Waals surface area contributed by atoms with Gasteiger partial charge in [-0.25, -0.2) is 4.79 Å². The number of hydrogen-bond acceptors (Lipinski definition) is 3. The first-order chi connectivity index (χ1) is 6.94. The van der Waals surface area contributed by atoms with Crippen molar-refractivity contribution in [1.82, 2.24) is 0 Å². The monoisotopic (exact) mass is 207 g/mol. The number of carbonyl (C=O) groups excluding carboxylic acids is 1. The molecule has 0 bridgehead atoms. The summed E-state index contributed by atoms with van der Waals surface area (Å²) in [6.07, 6.45) is 0.